The summed E-state index contributed by atoms with van der Waals surface area (Å²) in [5.74, 6) is -2.43. The first-order chi connectivity index (χ1) is 13.7. The molecule has 29 heavy (non-hydrogen) atoms. The number of carbonyl (C=O) groups is 1. The summed E-state index contributed by atoms with van der Waals surface area (Å²) in [6.45, 7) is 5.57. The van der Waals surface area contributed by atoms with Crippen LogP contribution in [0.2, 0.25) is 0 Å². The zero-order valence-electron chi connectivity index (χ0n) is 16.2. The normalized spacial score (nSPS) is 20.0. The lowest BCUT2D eigenvalue weighted by molar-refractivity contribution is -0.139. The van der Waals surface area contributed by atoms with Crippen LogP contribution in [0.4, 0.5) is 13.2 Å². The summed E-state index contributed by atoms with van der Waals surface area (Å²) in [4.78, 5) is 16.6. The van der Waals surface area contributed by atoms with Crippen molar-refractivity contribution in [2.75, 3.05) is 19.7 Å². The molecule has 2 aromatic rings. The second-order valence-electron chi connectivity index (χ2n) is 7.29. The lowest BCUT2D eigenvalue weighted by Gasteiger charge is -2.44. The summed E-state index contributed by atoms with van der Waals surface area (Å²) in [6.07, 6.45) is 0. The van der Waals surface area contributed by atoms with Crippen molar-refractivity contribution in [3.05, 3.63) is 63.9 Å². The minimum Gasteiger partial charge on any atom is -0.482 e. The van der Waals surface area contributed by atoms with E-state index in [2.05, 4.69) is 20.8 Å². The van der Waals surface area contributed by atoms with Crippen molar-refractivity contribution in [2.24, 2.45) is 0 Å². The number of carbonyl (C=O) groups excluding carboxylic acids is 1. The summed E-state index contributed by atoms with van der Waals surface area (Å²) in [6, 6.07) is 8.35. The van der Waals surface area contributed by atoms with Crippen molar-refractivity contribution in [3.8, 4) is 5.75 Å². The molecule has 0 unspecified atom stereocenters. The Morgan fingerprint density at radius 3 is 2.41 bits per heavy atom. The Hall–Kier alpha value is -2.06. The number of ether oxygens (including phenoxy) is 1. The van der Waals surface area contributed by atoms with Crippen molar-refractivity contribution in [1.29, 1.82) is 0 Å². The van der Waals surface area contributed by atoms with Crippen LogP contribution in [-0.2, 0) is 11.3 Å². The quantitative estimate of drug-likeness (QED) is 0.608. The second-order valence-corrected chi connectivity index (χ2v) is 8.14. The number of hydrogen-bond donors (Lipinski definition) is 0. The van der Waals surface area contributed by atoms with E-state index in [0.717, 1.165) is 17.7 Å². The summed E-state index contributed by atoms with van der Waals surface area (Å²) >= 11 is 3.11. The third-order valence-corrected chi connectivity index (χ3v) is 5.68. The highest BCUT2D eigenvalue weighted by atomic mass is 79.9. The van der Waals surface area contributed by atoms with Crippen LogP contribution in [0.1, 0.15) is 19.4 Å². The van der Waals surface area contributed by atoms with E-state index < -0.39 is 11.6 Å². The second kappa shape index (κ2) is 9.17. The van der Waals surface area contributed by atoms with Gasteiger partial charge in [-0.2, -0.15) is 0 Å². The molecule has 1 fully saturated rings. The molecule has 1 saturated heterocycles. The molecule has 8 heteroatoms. The molecule has 0 aromatic heterocycles. The van der Waals surface area contributed by atoms with Crippen LogP contribution < -0.4 is 4.74 Å². The van der Waals surface area contributed by atoms with Gasteiger partial charge < -0.3 is 9.64 Å². The standard InChI is InChI=1S/C21H22BrF3N2O2/c1-13-10-27(14(2)9-26(13)11-15-3-5-16(23)6-4-15)21(28)12-29-20-8-19(25)18(24)7-17(20)22/h3-8,13-14H,9-12H2,1-2H3/t13-,14+/m1/s1. The molecule has 3 rings (SSSR count). The molecule has 4 nitrogen and oxygen atoms in total. The van der Waals surface area contributed by atoms with Crippen LogP contribution in [0.3, 0.4) is 0 Å². The Balaban J connectivity index is 1.58. The first-order valence-electron chi connectivity index (χ1n) is 9.30. The van der Waals surface area contributed by atoms with Crippen molar-refractivity contribution in [2.45, 2.75) is 32.5 Å². The Morgan fingerprint density at radius 2 is 1.72 bits per heavy atom. The average Bonchev–Trinajstić information content (AvgIpc) is 2.67. The summed E-state index contributed by atoms with van der Waals surface area (Å²) in [7, 11) is 0. The largest absolute Gasteiger partial charge is 0.482 e. The number of hydrogen-bond acceptors (Lipinski definition) is 3. The van der Waals surface area contributed by atoms with E-state index in [-0.39, 0.29) is 40.6 Å². The van der Waals surface area contributed by atoms with Crippen LogP contribution >= 0.6 is 15.9 Å². The highest BCUT2D eigenvalue weighted by Crippen LogP contribution is 2.28. The van der Waals surface area contributed by atoms with Gasteiger partial charge in [-0.25, -0.2) is 13.2 Å². The summed E-state index contributed by atoms with van der Waals surface area (Å²) in [5, 5.41) is 0. The zero-order valence-corrected chi connectivity index (χ0v) is 17.8. The predicted octanol–water partition coefficient (Wildman–Crippen LogP) is 4.37. The molecule has 2 atom stereocenters. The monoisotopic (exact) mass is 470 g/mol. The SMILES string of the molecule is C[C@@H]1CN(C(=O)COc2cc(F)c(F)cc2Br)[C@@H](C)CN1Cc1ccc(F)cc1. The fraction of sp³-hybridized carbons (Fsp3) is 0.381. The van der Waals surface area contributed by atoms with Crippen LogP contribution in [0.5, 0.6) is 5.75 Å². The van der Waals surface area contributed by atoms with Crippen molar-refractivity contribution < 1.29 is 22.7 Å². The topological polar surface area (TPSA) is 32.8 Å². The number of rotatable bonds is 5. The van der Waals surface area contributed by atoms with E-state index in [0.29, 0.717) is 19.6 Å². The fourth-order valence-corrected chi connectivity index (χ4v) is 3.86. The number of nitrogens with zero attached hydrogens (tertiary/aromatic N) is 2. The van der Waals surface area contributed by atoms with Crippen LogP contribution in [0, 0.1) is 17.5 Å². The first kappa shape index (κ1) is 21.6. The maximum absolute atomic E-state index is 13.4. The van der Waals surface area contributed by atoms with Gasteiger partial charge in [-0.3, -0.25) is 9.69 Å². The number of benzene rings is 2. The van der Waals surface area contributed by atoms with Crippen molar-refractivity contribution in [3.63, 3.8) is 0 Å². The molecule has 1 aliphatic heterocycles. The van der Waals surface area contributed by atoms with E-state index in [9.17, 15) is 18.0 Å². The maximum Gasteiger partial charge on any atom is 0.260 e. The Morgan fingerprint density at radius 1 is 1.07 bits per heavy atom. The van der Waals surface area contributed by atoms with Crippen LogP contribution in [0.25, 0.3) is 0 Å². The van der Waals surface area contributed by atoms with Gasteiger partial charge in [-0.15, -0.1) is 0 Å². The summed E-state index contributed by atoms with van der Waals surface area (Å²) in [5.41, 5.74) is 1.01. The number of piperazine rings is 1. The van der Waals surface area contributed by atoms with E-state index in [1.165, 1.54) is 12.1 Å². The van der Waals surface area contributed by atoms with E-state index in [4.69, 9.17) is 4.74 Å². The molecule has 0 radical (unpaired) electrons. The molecule has 2 aromatic carbocycles. The minimum atomic E-state index is -1.04. The number of halogens is 4. The van der Waals surface area contributed by atoms with Gasteiger partial charge in [0.25, 0.3) is 5.91 Å². The van der Waals surface area contributed by atoms with Crippen molar-refractivity contribution in [1.82, 2.24) is 9.80 Å². The first-order valence-corrected chi connectivity index (χ1v) is 10.1. The molecule has 0 spiro atoms. The fourth-order valence-electron chi connectivity index (χ4n) is 3.43. The van der Waals surface area contributed by atoms with Gasteiger partial charge >= 0.3 is 0 Å². The zero-order chi connectivity index (χ0) is 21.1. The highest BCUT2D eigenvalue weighted by Gasteiger charge is 2.32. The van der Waals surface area contributed by atoms with E-state index in [1.807, 2.05) is 13.8 Å². The highest BCUT2D eigenvalue weighted by molar-refractivity contribution is 9.10. The third-order valence-electron chi connectivity index (χ3n) is 5.06. The van der Waals surface area contributed by atoms with E-state index >= 15 is 0 Å². The minimum absolute atomic E-state index is 0.0452. The van der Waals surface area contributed by atoms with Crippen LogP contribution in [0.15, 0.2) is 40.9 Å². The van der Waals surface area contributed by atoms with Gasteiger partial charge in [0.2, 0.25) is 0 Å². The molecular formula is C21H22BrF3N2O2. The molecule has 1 aliphatic rings. The van der Waals surface area contributed by atoms with Gasteiger partial charge in [0, 0.05) is 37.8 Å². The summed E-state index contributed by atoms with van der Waals surface area (Å²) < 4.78 is 45.3. The van der Waals surface area contributed by atoms with Gasteiger partial charge in [-0.05, 0) is 53.5 Å². The predicted molar refractivity (Wildman–Crippen MR) is 107 cm³/mol. The van der Waals surface area contributed by atoms with Crippen LogP contribution in [-0.4, -0.2) is 47.5 Å². The smallest absolute Gasteiger partial charge is 0.260 e. The Labute approximate surface area is 176 Å². The van der Waals surface area contributed by atoms with Gasteiger partial charge in [-0.1, -0.05) is 12.1 Å². The van der Waals surface area contributed by atoms with Gasteiger partial charge in [0.1, 0.15) is 11.6 Å². The third kappa shape index (κ3) is 5.30. The van der Waals surface area contributed by atoms with Gasteiger partial charge in [0.05, 0.1) is 4.47 Å². The molecule has 1 heterocycles. The number of amides is 1. The Kier molecular flexibility index (Phi) is 6.85. The molecule has 1 amide bonds. The molecule has 0 bridgehead atoms. The molecule has 0 aliphatic carbocycles. The molecular weight excluding hydrogens is 449 g/mol. The Bertz CT molecular complexity index is 879. The van der Waals surface area contributed by atoms with Gasteiger partial charge in [0.15, 0.2) is 18.2 Å². The average molecular weight is 471 g/mol. The maximum atomic E-state index is 13.4. The lowest BCUT2D eigenvalue weighted by Crippen LogP contribution is -2.58. The molecule has 0 saturated carbocycles. The lowest BCUT2D eigenvalue weighted by atomic mass is 10.1. The van der Waals surface area contributed by atoms with E-state index in [1.54, 1.807) is 17.0 Å². The molecule has 156 valence electrons. The molecule has 0 N–H and O–H groups in total. The van der Waals surface area contributed by atoms with Crippen molar-refractivity contribution >= 4 is 21.8 Å².